The lowest BCUT2D eigenvalue weighted by atomic mass is 9.78. The first kappa shape index (κ1) is 22.8. The summed E-state index contributed by atoms with van der Waals surface area (Å²) in [5, 5.41) is 0. The number of hydrogen-bond acceptors (Lipinski definition) is 5. The van der Waals surface area contributed by atoms with Crippen LogP contribution in [0.3, 0.4) is 0 Å². The van der Waals surface area contributed by atoms with Crippen molar-refractivity contribution in [3.05, 3.63) is 29.0 Å². The number of rotatable bonds is 4. The van der Waals surface area contributed by atoms with Gasteiger partial charge in [-0.3, -0.25) is 0 Å². The fourth-order valence-electron chi connectivity index (χ4n) is 5.28. The minimum Gasteiger partial charge on any atom is -0.372 e. The Hall–Kier alpha value is -1.40. The second-order valence-corrected chi connectivity index (χ2v) is 13.7. The summed E-state index contributed by atoms with van der Waals surface area (Å²) in [6.07, 6.45) is 7.96. The van der Waals surface area contributed by atoms with E-state index in [1.54, 1.807) is 0 Å². The molecule has 0 N–H and O–H groups in total. The topological polar surface area (TPSA) is 59.5 Å². The number of nitrogens with zero attached hydrogens (tertiary/aromatic N) is 2. The van der Waals surface area contributed by atoms with Gasteiger partial charge in [0.2, 0.25) is 0 Å². The number of morpholine rings is 1. The van der Waals surface area contributed by atoms with Gasteiger partial charge in [0.25, 0.3) is 0 Å². The van der Waals surface area contributed by atoms with Gasteiger partial charge < -0.3 is 9.64 Å². The van der Waals surface area contributed by atoms with E-state index in [1.807, 2.05) is 20.8 Å². The number of fused-ring (bicyclic) bond motifs is 1. The molecular formula is C25H38N2O3S. The molecule has 1 saturated heterocycles. The van der Waals surface area contributed by atoms with Crippen LogP contribution in [-0.4, -0.2) is 49.2 Å². The predicted octanol–water partition coefficient (Wildman–Crippen LogP) is 4.65. The maximum Gasteiger partial charge on any atom is 0.155 e. The molecule has 1 aromatic heterocycles. The van der Waals surface area contributed by atoms with E-state index in [0.29, 0.717) is 17.6 Å². The Bertz CT molecular complexity index is 930. The molecule has 0 aromatic carbocycles. The van der Waals surface area contributed by atoms with Crippen molar-refractivity contribution in [3.63, 3.8) is 0 Å². The molecule has 1 aromatic rings. The lowest BCUT2D eigenvalue weighted by molar-refractivity contribution is -0.00546. The Morgan fingerprint density at radius 2 is 1.71 bits per heavy atom. The third-order valence-electron chi connectivity index (χ3n) is 7.22. The maximum atomic E-state index is 12.6. The second-order valence-electron chi connectivity index (χ2n) is 10.9. The van der Waals surface area contributed by atoms with E-state index in [0.717, 1.165) is 56.7 Å². The summed E-state index contributed by atoms with van der Waals surface area (Å²) >= 11 is 0. The van der Waals surface area contributed by atoms with Crippen molar-refractivity contribution < 1.29 is 13.2 Å². The molecule has 5 nitrogen and oxygen atoms in total. The highest BCUT2D eigenvalue weighted by molar-refractivity contribution is 7.92. The summed E-state index contributed by atoms with van der Waals surface area (Å²) in [6.45, 7) is 11.5. The normalized spacial score (nSPS) is 29.6. The average molecular weight is 447 g/mol. The number of sulfone groups is 1. The molecule has 31 heavy (non-hydrogen) atoms. The first-order valence-corrected chi connectivity index (χ1v) is 13.5. The Kier molecular flexibility index (Phi) is 6.25. The van der Waals surface area contributed by atoms with Crippen LogP contribution in [0.1, 0.15) is 71.6 Å². The van der Waals surface area contributed by atoms with Crippen molar-refractivity contribution in [2.45, 2.75) is 83.7 Å². The number of allylic oxidation sites excluding steroid dienone is 1. The van der Waals surface area contributed by atoms with Crippen molar-refractivity contribution in [2.24, 2.45) is 11.8 Å². The van der Waals surface area contributed by atoms with Crippen LogP contribution in [0.2, 0.25) is 0 Å². The van der Waals surface area contributed by atoms with Crippen molar-refractivity contribution in [1.82, 2.24) is 4.98 Å². The third-order valence-corrected chi connectivity index (χ3v) is 9.99. The quantitative estimate of drug-likeness (QED) is 0.673. The summed E-state index contributed by atoms with van der Waals surface area (Å²) in [7, 11) is -3.04. The van der Waals surface area contributed by atoms with Crippen LogP contribution in [0.15, 0.2) is 17.7 Å². The molecule has 4 rings (SSSR count). The van der Waals surface area contributed by atoms with Crippen molar-refractivity contribution >= 4 is 21.7 Å². The smallest absolute Gasteiger partial charge is 0.155 e. The van der Waals surface area contributed by atoms with Crippen LogP contribution in [0.25, 0.3) is 6.08 Å². The van der Waals surface area contributed by atoms with Crippen molar-refractivity contribution in [3.8, 4) is 0 Å². The molecular weight excluding hydrogens is 408 g/mol. The van der Waals surface area contributed by atoms with Gasteiger partial charge in [-0.2, -0.15) is 0 Å². The predicted molar refractivity (Wildman–Crippen MR) is 127 cm³/mol. The van der Waals surface area contributed by atoms with Crippen molar-refractivity contribution in [1.29, 1.82) is 0 Å². The van der Waals surface area contributed by atoms with E-state index in [9.17, 15) is 8.42 Å². The van der Waals surface area contributed by atoms with E-state index < -0.39 is 14.6 Å². The molecule has 2 heterocycles. The fraction of sp³-hybridized carbons (Fsp3) is 0.720. The van der Waals surface area contributed by atoms with Crippen LogP contribution in [0.4, 0.5) is 5.82 Å². The van der Waals surface area contributed by atoms with Gasteiger partial charge in [0.05, 0.1) is 28.4 Å². The van der Waals surface area contributed by atoms with Gasteiger partial charge in [-0.1, -0.05) is 11.6 Å². The number of ether oxygens (including phenoxy) is 1. The SMILES string of the molecule is C[C@@H]1CN(c2ccc3c(n2)C=C(C2CCC(CS(=O)(=O)C(C)(C)C)CC2)C3)C[C@H](C)O1. The molecule has 0 amide bonds. The van der Waals surface area contributed by atoms with Gasteiger partial charge in [-0.05, 0) is 96.3 Å². The summed E-state index contributed by atoms with van der Waals surface area (Å²) in [6, 6.07) is 4.40. The molecule has 2 atom stereocenters. The van der Waals surface area contributed by atoms with Gasteiger partial charge in [0, 0.05) is 13.1 Å². The summed E-state index contributed by atoms with van der Waals surface area (Å²) in [5.41, 5.74) is 3.93. The molecule has 2 fully saturated rings. The molecule has 3 aliphatic rings. The third kappa shape index (κ3) is 5.00. The Morgan fingerprint density at radius 1 is 1.06 bits per heavy atom. The zero-order valence-electron chi connectivity index (χ0n) is 19.7. The van der Waals surface area contributed by atoms with E-state index in [1.165, 1.54) is 11.1 Å². The minimum atomic E-state index is -3.04. The average Bonchev–Trinajstić information content (AvgIpc) is 3.10. The van der Waals surface area contributed by atoms with Crippen LogP contribution in [0, 0.1) is 11.8 Å². The van der Waals surface area contributed by atoms with Gasteiger partial charge in [-0.15, -0.1) is 0 Å². The first-order chi connectivity index (χ1) is 14.5. The maximum absolute atomic E-state index is 12.6. The molecule has 0 radical (unpaired) electrons. The molecule has 0 bridgehead atoms. The molecule has 6 heteroatoms. The summed E-state index contributed by atoms with van der Waals surface area (Å²) < 4.78 is 30.4. The second kappa shape index (κ2) is 8.51. The van der Waals surface area contributed by atoms with E-state index in [4.69, 9.17) is 9.72 Å². The monoisotopic (exact) mass is 446 g/mol. The zero-order valence-corrected chi connectivity index (χ0v) is 20.5. The minimum absolute atomic E-state index is 0.224. The van der Waals surface area contributed by atoms with Gasteiger partial charge in [0.15, 0.2) is 9.84 Å². The molecule has 2 aliphatic carbocycles. The van der Waals surface area contributed by atoms with Crippen LogP contribution in [-0.2, 0) is 21.0 Å². The van der Waals surface area contributed by atoms with Crippen molar-refractivity contribution in [2.75, 3.05) is 23.7 Å². The standard InChI is InChI=1S/C25H38N2O3S/c1-17-14-27(15-18(2)30-17)24-11-10-21-12-22(13-23(21)26-24)20-8-6-19(7-9-20)16-31(28,29)25(3,4)5/h10-11,13,17-20H,6-9,12,14-16H2,1-5H3/t17-,18+,19?,20?. The van der Waals surface area contributed by atoms with E-state index in [-0.39, 0.29) is 12.2 Å². The number of hydrogen-bond donors (Lipinski definition) is 0. The Labute approximate surface area is 188 Å². The highest BCUT2D eigenvalue weighted by Gasteiger charge is 2.34. The highest BCUT2D eigenvalue weighted by atomic mass is 32.2. The van der Waals surface area contributed by atoms with E-state index in [2.05, 4.69) is 37.0 Å². The molecule has 172 valence electrons. The lowest BCUT2D eigenvalue weighted by Gasteiger charge is -2.36. The molecule has 1 aliphatic heterocycles. The summed E-state index contributed by atoms with van der Waals surface area (Å²) in [4.78, 5) is 7.34. The zero-order chi connectivity index (χ0) is 22.4. The Balaban J connectivity index is 1.39. The van der Waals surface area contributed by atoms with Crippen LogP contribution in [0.5, 0.6) is 0 Å². The number of anilines is 1. The highest BCUT2D eigenvalue weighted by Crippen LogP contribution is 2.40. The van der Waals surface area contributed by atoms with Gasteiger partial charge >= 0.3 is 0 Å². The lowest BCUT2D eigenvalue weighted by Crippen LogP contribution is -2.45. The largest absolute Gasteiger partial charge is 0.372 e. The fourth-order valence-corrected chi connectivity index (χ4v) is 6.73. The molecule has 1 saturated carbocycles. The van der Waals surface area contributed by atoms with Gasteiger partial charge in [0.1, 0.15) is 5.82 Å². The Morgan fingerprint density at radius 3 is 2.32 bits per heavy atom. The molecule has 0 unspecified atom stereocenters. The summed E-state index contributed by atoms with van der Waals surface area (Å²) in [5.74, 6) is 2.26. The first-order valence-electron chi connectivity index (χ1n) is 11.8. The van der Waals surface area contributed by atoms with E-state index >= 15 is 0 Å². The molecule has 0 spiro atoms. The number of pyridine rings is 1. The van der Waals surface area contributed by atoms with Crippen LogP contribution >= 0.6 is 0 Å². The van der Waals surface area contributed by atoms with Crippen LogP contribution < -0.4 is 4.90 Å². The number of aromatic nitrogens is 1. The van der Waals surface area contributed by atoms with Gasteiger partial charge in [-0.25, -0.2) is 13.4 Å².